The van der Waals surface area contributed by atoms with Gasteiger partial charge in [-0.1, -0.05) is 29.8 Å². The van der Waals surface area contributed by atoms with E-state index in [0.29, 0.717) is 35.7 Å². The molecule has 0 bridgehead atoms. The second-order valence-corrected chi connectivity index (χ2v) is 9.90. The summed E-state index contributed by atoms with van der Waals surface area (Å²) < 4.78 is 11.6. The van der Waals surface area contributed by atoms with Gasteiger partial charge >= 0.3 is 5.97 Å². The lowest BCUT2D eigenvalue weighted by molar-refractivity contribution is -0.190. The van der Waals surface area contributed by atoms with Crippen LogP contribution in [0.15, 0.2) is 42.6 Å². The number of rotatable bonds is 3. The van der Waals surface area contributed by atoms with E-state index in [0.717, 1.165) is 42.4 Å². The Bertz CT molecular complexity index is 1350. The Morgan fingerprint density at radius 2 is 2.12 bits per heavy atom. The zero-order valence-corrected chi connectivity index (χ0v) is 19.3. The second kappa shape index (κ2) is 7.07. The van der Waals surface area contributed by atoms with E-state index in [1.165, 1.54) is 11.1 Å². The van der Waals surface area contributed by atoms with Crippen LogP contribution in [0.5, 0.6) is 5.75 Å². The standard InChI is InChI=1S/C25H22ClN5O3/c1-30-10-14-6-16(7-20-22(14)15(11-30)12-33-20)28-24-27-9-18(26)23(29-24)31-13-25(8-21(32)34-25)17-4-2-3-5-19(17)31/h2-7,9,15H,8,10-13H2,1H3,(H,27,28,29). The number of halogens is 1. The summed E-state index contributed by atoms with van der Waals surface area (Å²) in [6, 6.07) is 12.1. The van der Waals surface area contributed by atoms with Gasteiger partial charge in [0.25, 0.3) is 0 Å². The zero-order valence-electron chi connectivity index (χ0n) is 18.5. The first-order valence-corrected chi connectivity index (χ1v) is 11.7. The van der Waals surface area contributed by atoms with Crippen LogP contribution < -0.4 is 15.0 Å². The number of nitrogens with zero attached hydrogens (tertiary/aromatic N) is 4. The Kier molecular flexibility index (Phi) is 4.17. The van der Waals surface area contributed by atoms with Crippen molar-refractivity contribution in [3.8, 4) is 5.75 Å². The molecule has 1 aromatic heterocycles. The lowest BCUT2D eigenvalue weighted by Gasteiger charge is -2.37. The number of anilines is 4. The molecule has 5 heterocycles. The van der Waals surface area contributed by atoms with Gasteiger partial charge in [-0.3, -0.25) is 4.79 Å². The van der Waals surface area contributed by atoms with E-state index in [-0.39, 0.29) is 5.97 Å². The Hall–Kier alpha value is -3.36. The fourth-order valence-corrected chi connectivity index (χ4v) is 5.94. The number of esters is 1. The number of likely N-dealkylation sites (N-methyl/N-ethyl adjacent to an activating group) is 1. The summed E-state index contributed by atoms with van der Waals surface area (Å²) >= 11 is 6.57. The molecule has 0 amide bonds. The van der Waals surface area contributed by atoms with Crippen LogP contribution in [0.3, 0.4) is 0 Å². The Labute approximate surface area is 201 Å². The molecule has 1 fully saturated rings. The lowest BCUT2D eigenvalue weighted by Crippen LogP contribution is -2.47. The van der Waals surface area contributed by atoms with Gasteiger partial charge in [-0.25, -0.2) is 4.98 Å². The Morgan fingerprint density at radius 1 is 1.26 bits per heavy atom. The summed E-state index contributed by atoms with van der Waals surface area (Å²) in [5.41, 5.74) is 4.75. The molecular formula is C25H22ClN5O3. The molecule has 2 unspecified atom stereocenters. The number of hydrogen-bond acceptors (Lipinski definition) is 8. The van der Waals surface area contributed by atoms with Gasteiger partial charge in [-0.05, 0) is 24.7 Å². The third kappa shape index (κ3) is 2.91. The number of carbonyl (C=O) groups is 1. The van der Waals surface area contributed by atoms with Crippen LogP contribution in [0.4, 0.5) is 23.1 Å². The largest absolute Gasteiger partial charge is 0.493 e. The van der Waals surface area contributed by atoms with E-state index in [9.17, 15) is 4.79 Å². The molecule has 1 saturated heterocycles. The highest BCUT2D eigenvalue weighted by atomic mass is 35.5. The maximum absolute atomic E-state index is 11.7. The average Bonchev–Trinajstić information content (AvgIpc) is 3.35. The predicted octanol–water partition coefficient (Wildman–Crippen LogP) is 4.09. The fraction of sp³-hybridized carbons (Fsp3) is 0.320. The van der Waals surface area contributed by atoms with Gasteiger partial charge in [-0.15, -0.1) is 0 Å². The fourth-order valence-electron chi connectivity index (χ4n) is 5.75. The average molecular weight is 476 g/mol. The molecule has 34 heavy (non-hydrogen) atoms. The summed E-state index contributed by atoms with van der Waals surface area (Å²) in [6.45, 7) is 3.09. The van der Waals surface area contributed by atoms with Gasteiger partial charge in [0.1, 0.15) is 10.8 Å². The van der Waals surface area contributed by atoms with E-state index >= 15 is 0 Å². The molecule has 1 spiro atoms. The first kappa shape index (κ1) is 20.1. The summed E-state index contributed by atoms with van der Waals surface area (Å²) in [7, 11) is 2.13. The van der Waals surface area contributed by atoms with E-state index < -0.39 is 5.60 Å². The third-order valence-electron chi connectivity index (χ3n) is 7.12. The number of nitrogens with one attached hydrogen (secondary N) is 1. The lowest BCUT2D eigenvalue weighted by atomic mass is 9.88. The molecule has 1 N–H and O–H groups in total. The number of para-hydroxylation sites is 1. The van der Waals surface area contributed by atoms with E-state index in [1.54, 1.807) is 6.20 Å². The van der Waals surface area contributed by atoms with Gasteiger partial charge in [0, 0.05) is 47.6 Å². The summed E-state index contributed by atoms with van der Waals surface area (Å²) in [5, 5.41) is 3.77. The molecule has 2 atom stereocenters. The number of aromatic nitrogens is 2. The van der Waals surface area contributed by atoms with Crippen molar-refractivity contribution in [2.24, 2.45) is 0 Å². The topological polar surface area (TPSA) is 79.8 Å². The maximum Gasteiger partial charge on any atom is 0.311 e. The van der Waals surface area contributed by atoms with Crippen LogP contribution in [0.1, 0.15) is 29.0 Å². The van der Waals surface area contributed by atoms with Crippen molar-refractivity contribution >= 4 is 40.7 Å². The third-order valence-corrected chi connectivity index (χ3v) is 7.39. The van der Waals surface area contributed by atoms with E-state index in [1.807, 2.05) is 35.2 Å². The molecule has 9 heteroatoms. The summed E-state index contributed by atoms with van der Waals surface area (Å²) in [5.74, 6) is 2.19. The smallest absolute Gasteiger partial charge is 0.311 e. The first-order valence-electron chi connectivity index (χ1n) is 11.4. The molecule has 2 aromatic carbocycles. The van der Waals surface area contributed by atoms with Crippen LogP contribution in [0, 0.1) is 0 Å². The summed E-state index contributed by atoms with van der Waals surface area (Å²) in [6.07, 6.45) is 1.95. The maximum atomic E-state index is 11.7. The van der Waals surface area contributed by atoms with Crippen molar-refractivity contribution in [2.45, 2.75) is 24.5 Å². The van der Waals surface area contributed by atoms with Crippen molar-refractivity contribution in [1.82, 2.24) is 14.9 Å². The minimum atomic E-state index is -0.641. The molecule has 0 saturated carbocycles. The van der Waals surface area contributed by atoms with Crippen molar-refractivity contribution in [1.29, 1.82) is 0 Å². The van der Waals surface area contributed by atoms with Crippen molar-refractivity contribution in [2.75, 3.05) is 37.0 Å². The van der Waals surface area contributed by atoms with E-state index in [4.69, 9.17) is 26.1 Å². The van der Waals surface area contributed by atoms with Crippen LogP contribution >= 0.6 is 11.6 Å². The van der Waals surface area contributed by atoms with Crippen LogP contribution in [-0.2, 0) is 21.7 Å². The number of carbonyl (C=O) groups excluding carboxylic acids is 1. The number of fused-ring (bicyclic) bond motifs is 2. The van der Waals surface area contributed by atoms with E-state index in [2.05, 4.69) is 28.3 Å². The van der Waals surface area contributed by atoms with Gasteiger partial charge < -0.3 is 24.6 Å². The zero-order chi connectivity index (χ0) is 23.0. The quantitative estimate of drug-likeness (QED) is 0.567. The Morgan fingerprint density at radius 3 is 2.97 bits per heavy atom. The molecular weight excluding hydrogens is 454 g/mol. The van der Waals surface area contributed by atoms with Crippen molar-refractivity contribution in [3.63, 3.8) is 0 Å². The molecule has 7 rings (SSSR count). The second-order valence-electron chi connectivity index (χ2n) is 9.49. The molecule has 4 aliphatic heterocycles. The molecule has 8 nitrogen and oxygen atoms in total. The van der Waals surface area contributed by atoms with Crippen molar-refractivity contribution in [3.05, 3.63) is 64.3 Å². The van der Waals surface area contributed by atoms with Gasteiger partial charge in [0.2, 0.25) is 5.95 Å². The minimum absolute atomic E-state index is 0.191. The number of ether oxygens (including phenoxy) is 2. The minimum Gasteiger partial charge on any atom is -0.493 e. The monoisotopic (exact) mass is 475 g/mol. The molecule has 3 aromatic rings. The van der Waals surface area contributed by atoms with Gasteiger partial charge in [0.15, 0.2) is 11.4 Å². The van der Waals surface area contributed by atoms with Gasteiger partial charge in [-0.2, -0.15) is 4.98 Å². The predicted molar refractivity (Wildman–Crippen MR) is 127 cm³/mol. The van der Waals surface area contributed by atoms with Crippen LogP contribution in [0.2, 0.25) is 5.02 Å². The van der Waals surface area contributed by atoms with Gasteiger partial charge in [0.05, 0.1) is 25.8 Å². The van der Waals surface area contributed by atoms with Crippen LogP contribution in [-0.4, -0.2) is 47.6 Å². The number of benzene rings is 2. The molecule has 0 aliphatic carbocycles. The number of hydrogen-bond donors (Lipinski definition) is 1. The van der Waals surface area contributed by atoms with Crippen molar-refractivity contribution < 1.29 is 14.3 Å². The molecule has 0 radical (unpaired) electrons. The van der Waals surface area contributed by atoms with Crippen LogP contribution in [0.25, 0.3) is 0 Å². The Balaban J connectivity index is 1.23. The molecule has 172 valence electrons. The molecule has 4 aliphatic rings. The highest BCUT2D eigenvalue weighted by Gasteiger charge is 2.55. The highest BCUT2D eigenvalue weighted by Crippen LogP contribution is 2.52. The summed E-state index contributed by atoms with van der Waals surface area (Å²) in [4.78, 5) is 25.2. The first-order chi connectivity index (χ1) is 16.5. The normalized spacial score (nSPS) is 24.4. The SMILES string of the molecule is CN1Cc2cc(Nc3ncc(Cl)c(N4CC5(CC(=O)O5)c5ccccc54)n3)cc3c2C(CO3)C1. The highest BCUT2D eigenvalue weighted by molar-refractivity contribution is 6.33.